The number of ether oxygens (including phenoxy) is 1. The molecule has 228 valence electrons. The zero-order valence-electron chi connectivity index (χ0n) is 25.3. The Morgan fingerprint density at radius 2 is 1.73 bits per heavy atom. The second-order valence-electron chi connectivity index (χ2n) is 11.2. The molecule has 6 rings (SSSR count). The number of anilines is 1. The van der Waals surface area contributed by atoms with Gasteiger partial charge in [0.15, 0.2) is 11.3 Å². The van der Waals surface area contributed by atoms with Crippen LogP contribution in [0.5, 0.6) is 0 Å². The normalized spacial score (nSPS) is 12.5. The van der Waals surface area contributed by atoms with Crippen LogP contribution in [0, 0.1) is 0 Å². The van der Waals surface area contributed by atoms with E-state index in [1.165, 1.54) is 18.6 Å². The third-order valence-corrected chi connectivity index (χ3v) is 8.08. The van der Waals surface area contributed by atoms with Gasteiger partial charge in [0.1, 0.15) is 28.8 Å². The van der Waals surface area contributed by atoms with E-state index in [-0.39, 0.29) is 11.0 Å². The second kappa shape index (κ2) is 12.2. The van der Waals surface area contributed by atoms with E-state index >= 15 is 0 Å². The van der Waals surface area contributed by atoms with Gasteiger partial charge in [0.25, 0.3) is 5.56 Å². The summed E-state index contributed by atoms with van der Waals surface area (Å²) in [4.78, 5) is 48.1. The van der Waals surface area contributed by atoms with Gasteiger partial charge in [-0.1, -0.05) is 54.9 Å². The largest absolute Gasteiger partial charge is 0.368 e. The number of nitrogens with one attached hydrogen (secondary N) is 2. The average molecular weight is 622 g/mol. The van der Waals surface area contributed by atoms with Gasteiger partial charge < -0.3 is 15.0 Å². The first-order chi connectivity index (χ1) is 21.7. The first kappa shape index (κ1) is 30.1. The maximum absolute atomic E-state index is 14.6. The van der Waals surface area contributed by atoms with Crippen LogP contribution in [0.25, 0.3) is 38.6 Å². The Morgan fingerprint density at radius 3 is 2.47 bits per heavy atom. The van der Waals surface area contributed by atoms with Crippen molar-refractivity contribution in [1.29, 1.82) is 0 Å². The third-order valence-electron chi connectivity index (χ3n) is 7.68. The highest BCUT2D eigenvalue weighted by molar-refractivity contribution is 6.36. The van der Waals surface area contributed by atoms with E-state index in [4.69, 9.17) is 16.3 Å². The van der Waals surface area contributed by atoms with E-state index in [2.05, 4.69) is 37.2 Å². The number of aromatic amines is 1. The SMILES string of the molecule is CCCOC(C)(C)c1ncc(-c2cccc3c(Cl)c([C@H](C)Nc4ncnc5[nH]ccc(=O)c45)n(-c4ccccc4)c(=O)c23)cn1. The van der Waals surface area contributed by atoms with Crippen molar-refractivity contribution in [2.45, 2.75) is 45.8 Å². The van der Waals surface area contributed by atoms with Crippen LogP contribution in [0.3, 0.4) is 0 Å². The van der Waals surface area contributed by atoms with Crippen molar-refractivity contribution in [3.63, 3.8) is 0 Å². The lowest BCUT2D eigenvalue weighted by Crippen LogP contribution is -2.27. The molecule has 4 heterocycles. The lowest BCUT2D eigenvalue weighted by atomic mass is 9.99. The molecule has 4 aromatic heterocycles. The molecule has 0 bridgehead atoms. The number of pyridine rings is 2. The third kappa shape index (κ3) is 5.58. The quantitative estimate of drug-likeness (QED) is 0.186. The average Bonchev–Trinajstić information content (AvgIpc) is 3.05. The molecule has 0 aliphatic carbocycles. The summed E-state index contributed by atoms with van der Waals surface area (Å²) in [5.74, 6) is 0.882. The molecule has 0 fully saturated rings. The minimum Gasteiger partial charge on any atom is -0.368 e. The molecule has 0 spiro atoms. The lowest BCUT2D eigenvalue weighted by Gasteiger charge is -2.24. The smallest absolute Gasteiger partial charge is 0.263 e. The van der Waals surface area contributed by atoms with Crippen molar-refractivity contribution in [2.75, 3.05) is 11.9 Å². The number of benzene rings is 2. The van der Waals surface area contributed by atoms with Crippen LogP contribution >= 0.6 is 11.6 Å². The summed E-state index contributed by atoms with van der Waals surface area (Å²) in [5.41, 5.74) is 1.72. The van der Waals surface area contributed by atoms with Gasteiger partial charge in [-0.25, -0.2) is 19.9 Å². The van der Waals surface area contributed by atoms with Crippen LogP contribution in [0.15, 0.2) is 89.1 Å². The standard InChI is InChI=1S/C34H32ClN7O3/c1-5-16-45-34(3,4)33-37-17-21(18-38-33)23-12-9-13-24-26(23)32(44)42(22-10-7-6-8-11-22)29(28(24)35)20(2)41-31-27-25(43)14-15-36-30(27)39-19-40-31/h6-15,17-20H,5,16H2,1-4H3,(H2,36,39,40,41,43)/t20-/m0/s1. The number of fused-ring (bicyclic) bond motifs is 2. The fourth-order valence-electron chi connectivity index (χ4n) is 5.47. The topological polar surface area (TPSA) is 128 Å². The Morgan fingerprint density at radius 1 is 0.978 bits per heavy atom. The zero-order valence-corrected chi connectivity index (χ0v) is 26.1. The first-order valence-corrected chi connectivity index (χ1v) is 15.1. The Labute approximate surface area is 264 Å². The molecule has 11 heteroatoms. The number of hydrogen-bond acceptors (Lipinski definition) is 8. The lowest BCUT2D eigenvalue weighted by molar-refractivity contribution is -0.0278. The zero-order chi connectivity index (χ0) is 31.7. The van der Waals surface area contributed by atoms with Crippen LogP contribution in [-0.2, 0) is 10.3 Å². The maximum atomic E-state index is 14.6. The van der Waals surface area contributed by atoms with Crippen LogP contribution in [0.1, 0.15) is 51.7 Å². The number of rotatable bonds is 9. The Hall–Kier alpha value is -4.93. The summed E-state index contributed by atoms with van der Waals surface area (Å²) < 4.78 is 7.57. The fraction of sp³-hybridized carbons (Fsp3) is 0.235. The molecule has 0 amide bonds. The number of para-hydroxylation sites is 1. The van der Waals surface area contributed by atoms with Crippen molar-refractivity contribution in [2.24, 2.45) is 0 Å². The van der Waals surface area contributed by atoms with Crippen LogP contribution in [-0.4, -0.2) is 36.1 Å². The minimum atomic E-state index is -0.658. The molecule has 0 radical (unpaired) electrons. The molecule has 10 nitrogen and oxygen atoms in total. The van der Waals surface area contributed by atoms with Crippen molar-refractivity contribution < 1.29 is 4.74 Å². The van der Waals surface area contributed by atoms with Gasteiger partial charge >= 0.3 is 0 Å². The number of nitrogens with zero attached hydrogens (tertiary/aromatic N) is 5. The minimum absolute atomic E-state index is 0.234. The molecule has 6 aromatic rings. The van der Waals surface area contributed by atoms with E-state index in [0.29, 0.717) is 67.6 Å². The summed E-state index contributed by atoms with van der Waals surface area (Å²) in [6.07, 6.45) is 7.22. The molecule has 0 aliphatic rings. The van der Waals surface area contributed by atoms with Gasteiger partial charge in [0.2, 0.25) is 0 Å². The highest BCUT2D eigenvalue weighted by Gasteiger charge is 2.26. The monoisotopic (exact) mass is 621 g/mol. The summed E-state index contributed by atoms with van der Waals surface area (Å²) in [6.45, 7) is 8.39. The summed E-state index contributed by atoms with van der Waals surface area (Å²) in [6, 6.07) is 15.7. The van der Waals surface area contributed by atoms with Crippen LogP contribution in [0.4, 0.5) is 5.82 Å². The number of hydrogen-bond donors (Lipinski definition) is 2. The van der Waals surface area contributed by atoms with Crippen molar-refractivity contribution in [3.8, 4) is 16.8 Å². The Bertz CT molecular complexity index is 2120. The van der Waals surface area contributed by atoms with Crippen molar-refractivity contribution in [1.82, 2.24) is 29.5 Å². The maximum Gasteiger partial charge on any atom is 0.263 e. The number of aromatic nitrogens is 6. The number of H-pyrrole nitrogens is 1. The molecular weight excluding hydrogens is 590 g/mol. The van der Waals surface area contributed by atoms with Gasteiger partial charge in [-0.2, -0.15) is 0 Å². The van der Waals surface area contributed by atoms with E-state index in [1.807, 2.05) is 69.3 Å². The molecule has 45 heavy (non-hydrogen) atoms. The van der Waals surface area contributed by atoms with E-state index < -0.39 is 11.6 Å². The predicted molar refractivity (Wildman–Crippen MR) is 177 cm³/mol. The van der Waals surface area contributed by atoms with Crippen LogP contribution < -0.4 is 16.3 Å². The van der Waals surface area contributed by atoms with E-state index in [0.717, 1.165) is 6.42 Å². The highest BCUT2D eigenvalue weighted by Crippen LogP contribution is 2.36. The van der Waals surface area contributed by atoms with Crippen LogP contribution in [0.2, 0.25) is 5.02 Å². The Balaban J connectivity index is 1.53. The molecule has 1 atom stereocenters. The van der Waals surface area contributed by atoms with Gasteiger partial charge in [-0.3, -0.25) is 14.2 Å². The summed E-state index contributed by atoms with van der Waals surface area (Å²) in [7, 11) is 0. The molecule has 2 N–H and O–H groups in total. The van der Waals surface area contributed by atoms with E-state index in [1.54, 1.807) is 17.0 Å². The molecule has 0 saturated carbocycles. The van der Waals surface area contributed by atoms with Crippen molar-refractivity contribution >= 4 is 39.2 Å². The number of halogens is 1. The van der Waals surface area contributed by atoms with Gasteiger partial charge in [-0.05, 0) is 44.9 Å². The van der Waals surface area contributed by atoms with Gasteiger partial charge in [0, 0.05) is 47.9 Å². The molecule has 2 aromatic carbocycles. The fourth-order valence-corrected chi connectivity index (χ4v) is 5.88. The predicted octanol–water partition coefficient (Wildman–Crippen LogP) is 6.57. The Kier molecular flexibility index (Phi) is 8.18. The molecule has 0 aliphatic heterocycles. The van der Waals surface area contributed by atoms with Crippen molar-refractivity contribution in [3.05, 3.63) is 117 Å². The first-order valence-electron chi connectivity index (χ1n) is 14.7. The molecular formula is C34H32ClN7O3. The second-order valence-corrected chi connectivity index (χ2v) is 11.6. The van der Waals surface area contributed by atoms with Gasteiger partial charge in [0.05, 0.1) is 22.1 Å². The van der Waals surface area contributed by atoms with Gasteiger partial charge in [-0.15, -0.1) is 0 Å². The molecule has 0 unspecified atom stereocenters. The van der Waals surface area contributed by atoms with E-state index in [9.17, 15) is 9.59 Å². The molecule has 0 saturated heterocycles. The highest BCUT2D eigenvalue weighted by atomic mass is 35.5. The summed E-state index contributed by atoms with van der Waals surface area (Å²) in [5, 5.41) is 5.03. The summed E-state index contributed by atoms with van der Waals surface area (Å²) >= 11 is 7.22.